The lowest BCUT2D eigenvalue weighted by Crippen LogP contribution is -2.44. The summed E-state index contributed by atoms with van der Waals surface area (Å²) in [6, 6.07) is 0.190. The molecule has 2 atom stereocenters. The maximum absolute atomic E-state index is 10.3. The molecule has 2 unspecified atom stereocenters. The van der Waals surface area contributed by atoms with E-state index in [1.54, 1.807) is 0 Å². The van der Waals surface area contributed by atoms with Crippen LogP contribution in [-0.2, 0) is 13.0 Å². The molecule has 0 saturated carbocycles. The fourth-order valence-electron chi connectivity index (χ4n) is 2.61. The van der Waals surface area contributed by atoms with Crippen molar-refractivity contribution in [3.8, 4) is 0 Å². The van der Waals surface area contributed by atoms with Gasteiger partial charge in [0.2, 0.25) is 0 Å². The topological polar surface area (TPSA) is 50.1 Å². The van der Waals surface area contributed by atoms with E-state index in [0.29, 0.717) is 11.4 Å². The van der Waals surface area contributed by atoms with Gasteiger partial charge in [-0.15, -0.1) is 0 Å². The number of nitrogens with zero attached hydrogens (tertiary/aromatic N) is 2. The highest BCUT2D eigenvalue weighted by atomic mass is 35.5. The smallest absolute Gasteiger partial charge is 0.0848 e. The van der Waals surface area contributed by atoms with Gasteiger partial charge in [-0.05, 0) is 33.2 Å². The van der Waals surface area contributed by atoms with Crippen molar-refractivity contribution < 1.29 is 5.11 Å². The predicted molar refractivity (Wildman–Crippen MR) is 73.0 cm³/mol. The summed E-state index contributed by atoms with van der Waals surface area (Å²) >= 11 is 6.26. The molecule has 1 saturated heterocycles. The van der Waals surface area contributed by atoms with Crippen molar-refractivity contribution >= 4 is 11.6 Å². The van der Waals surface area contributed by atoms with Crippen LogP contribution in [0, 0.1) is 6.92 Å². The van der Waals surface area contributed by atoms with Crippen molar-refractivity contribution in [3.63, 3.8) is 0 Å². The lowest BCUT2D eigenvalue weighted by Gasteiger charge is -2.28. The number of hydrogen-bond donors (Lipinski definition) is 2. The molecule has 1 aliphatic heterocycles. The second-order valence-corrected chi connectivity index (χ2v) is 5.37. The zero-order valence-electron chi connectivity index (χ0n) is 11.1. The van der Waals surface area contributed by atoms with Crippen LogP contribution in [0.2, 0.25) is 5.02 Å². The molecule has 2 N–H and O–H groups in total. The summed E-state index contributed by atoms with van der Waals surface area (Å²) in [6.07, 6.45) is 3.62. The van der Waals surface area contributed by atoms with Gasteiger partial charge in [0.05, 0.1) is 22.5 Å². The minimum atomic E-state index is -0.385. The van der Waals surface area contributed by atoms with Crippen LogP contribution < -0.4 is 5.32 Å². The molecule has 4 nitrogen and oxygen atoms in total. The average molecular weight is 272 g/mol. The summed E-state index contributed by atoms with van der Waals surface area (Å²) in [5.41, 5.74) is 1.80. The van der Waals surface area contributed by atoms with Gasteiger partial charge in [-0.1, -0.05) is 18.0 Å². The van der Waals surface area contributed by atoms with Gasteiger partial charge in [0, 0.05) is 19.0 Å². The molecule has 0 bridgehead atoms. The van der Waals surface area contributed by atoms with Crippen molar-refractivity contribution in [1.29, 1.82) is 0 Å². The predicted octanol–water partition coefficient (Wildman–Crippen LogP) is 1.91. The molecule has 0 amide bonds. The summed E-state index contributed by atoms with van der Waals surface area (Å²) in [4.78, 5) is 0. The SMILES string of the molecule is CCn1nc(C)c(Cl)c1CC(O)C1CCCCN1. The Hall–Kier alpha value is -0.580. The summed E-state index contributed by atoms with van der Waals surface area (Å²) in [6.45, 7) is 5.73. The Labute approximate surface area is 113 Å². The monoisotopic (exact) mass is 271 g/mol. The Morgan fingerprint density at radius 1 is 1.56 bits per heavy atom. The van der Waals surface area contributed by atoms with E-state index in [1.807, 2.05) is 18.5 Å². The van der Waals surface area contributed by atoms with E-state index >= 15 is 0 Å². The number of halogens is 1. The standard InChI is InChI=1S/C13H22ClN3O/c1-3-17-11(13(14)9(2)16-17)8-12(18)10-6-4-5-7-15-10/h10,12,15,18H,3-8H2,1-2H3. The number of aliphatic hydroxyl groups excluding tert-OH is 1. The van der Waals surface area contributed by atoms with Gasteiger partial charge in [0.25, 0.3) is 0 Å². The molecule has 1 aliphatic rings. The molecular formula is C13H22ClN3O. The maximum atomic E-state index is 10.3. The molecule has 18 heavy (non-hydrogen) atoms. The van der Waals surface area contributed by atoms with Crippen molar-refractivity contribution in [2.75, 3.05) is 6.54 Å². The molecule has 2 heterocycles. The first-order valence-corrected chi connectivity index (χ1v) is 7.14. The number of piperidine rings is 1. The molecule has 5 heteroatoms. The highest BCUT2D eigenvalue weighted by Gasteiger charge is 2.24. The number of nitrogens with one attached hydrogen (secondary N) is 1. The fourth-order valence-corrected chi connectivity index (χ4v) is 2.82. The van der Waals surface area contributed by atoms with E-state index in [2.05, 4.69) is 10.4 Å². The molecule has 0 spiro atoms. The third-order valence-electron chi connectivity index (χ3n) is 3.67. The lowest BCUT2D eigenvalue weighted by atomic mass is 9.97. The molecule has 0 radical (unpaired) electrons. The Morgan fingerprint density at radius 2 is 2.33 bits per heavy atom. The third kappa shape index (κ3) is 2.87. The van der Waals surface area contributed by atoms with Gasteiger partial charge < -0.3 is 10.4 Å². The minimum absolute atomic E-state index is 0.190. The van der Waals surface area contributed by atoms with Crippen molar-refractivity contribution in [1.82, 2.24) is 15.1 Å². The van der Waals surface area contributed by atoms with E-state index in [9.17, 15) is 5.11 Å². The Bertz CT molecular complexity index is 399. The Morgan fingerprint density at radius 3 is 2.94 bits per heavy atom. The average Bonchev–Trinajstić information content (AvgIpc) is 2.67. The summed E-state index contributed by atoms with van der Waals surface area (Å²) in [7, 11) is 0. The number of hydrogen-bond acceptors (Lipinski definition) is 3. The van der Waals surface area contributed by atoms with E-state index in [4.69, 9.17) is 11.6 Å². The third-order valence-corrected chi connectivity index (χ3v) is 4.16. The van der Waals surface area contributed by atoms with E-state index < -0.39 is 0 Å². The minimum Gasteiger partial charge on any atom is -0.391 e. The van der Waals surface area contributed by atoms with Crippen molar-refractivity contribution in [2.24, 2.45) is 0 Å². The maximum Gasteiger partial charge on any atom is 0.0848 e. The molecule has 1 aromatic heterocycles. The lowest BCUT2D eigenvalue weighted by molar-refractivity contribution is 0.111. The van der Waals surface area contributed by atoms with Crippen LogP contribution in [0.1, 0.15) is 37.6 Å². The molecule has 1 aromatic rings. The first kappa shape index (κ1) is 13.8. The zero-order chi connectivity index (χ0) is 13.1. The van der Waals surface area contributed by atoms with Crippen LogP contribution in [0.15, 0.2) is 0 Å². The molecule has 0 aliphatic carbocycles. The number of aliphatic hydroxyl groups is 1. The van der Waals surface area contributed by atoms with E-state index in [0.717, 1.165) is 30.9 Å². The summed E-state index contributed by atoms with van der Waals surface area (Å²) in [5.74, 6) is 0. The number of rotatable bonds is 4. The number of aryl methyl sites for hydroxylation is 2. The van der Waals surface area contributed by atoms with Crippen LogP contribution in [0.3, 0.4) is 0 Å². The van der Waals surface area contributed by atoms with Crippen LogP contribution in [0.5, 0.6) is 0 Å². The van der Waals surface area contributed by atoms with Gasteiger partial charge in [-0.3, -0.25) is 4.68 Å². The zero-order valence-corrected chi connectivity index (χ0v) is 11.9. The molecule has 1 fully saturated rings. The Kier molecular flexibility index (Phi) is 4.65. The normalized spacial score (nSPS) is 22.1. The van der Waals surface area contributed by atoms with Crippen LogP contribution in [-0.4, -0.2) is 33.6 Å². The fraction of sp³-hybridized carbons (Fsp3) is 0.769. The molecule has 2 rings (SSSR count). The highest BCUT2D eigenvalue weighted by Crippen LogP contribution is 2.23. The second kappa shape index (κ2) is 6.04. The van der Waals surface area contributed by atoms with Crippen LogP contribution in [0.25, 0.3) is 0 Å². The van der Waals surface area contributed by atoms with Gasteiger partial charge >= 0.3 is 0 Å². The number of aromatic nitrogens is 2. The first-order chi connectivity index (χ1) is 8.63. The molecule has 102 valence electrons. The summed E-state index contributed by atoms with van der Waals surface area (Å²) < 4.78 is 1.89. The molecular weight excluding hydrogens is 250 g/mol. The van der Waals surface area contributed by atoms with E-state index in [-0.39, 0.29) is 12.1 Å². The first-order valence-electron chi connectivity index (χ1n) is 6.76. The largest absolute Gasteiger partial charge is 0.391 e. The van der Waals surface area contributed by atoms with Gasteiger partial charge in [0.1, 0.15) is 0 Å². The van der Waals surface area contributed by atoms with E-state index in [1.165, 1.54) is 12.8 Å². The van der Waals surface area contributed by atoms with Gasteiger partial charge in [0.15, 0.2) is 0 Å². The van der Waals surface area contributed by atoms with Crippen molar-refractivity contribution in [3.05, 3.63) is 16.4 Å². The quantitative estimate of drug-likeness (QED) is 0.880. The van der Waals surface area contributed by atoms with Crippen molar-refractivity contribution in [2.45, 2.75) is 58.2 Å². The van der Waals surface area contributed by atoms with Gasteiger partial charge in [-0.25, -0.2) is 0 Å². The Balaban J connectivity index is 2.08. The van der Waals surface area contributed by atoms with Crippen LogP contribution in [0.4, 0.5) is 0 Å². The second-order valence-electron chi connectivity index (χ2n) is 4.99. The van der Waals surface area contributed by atoms with Gasteiger partial charge in [-0.2, -0.15) is 5.10 Å². The summed E-state index contributed by atoms with van der Waals surface area (Å²) in [5, 5.41) is 18.8. The highest BCUT2D eigenvalue weighted by molar-refractivity contribution is 6.31. The molecule has 0 aromatic carbocycles. The van der Waals surface area contributed by atoms with Crippen LogP contribution >= 0.6 is 11.6 Å².